The molecule has 0 radical (unpaired) electrons. The highest BCUT2D eigenvalue weighted by atomic mass is 16.5. The third kappa shape index (κ3) is 4.75. The lowest BCUT2D eigenvalue weighted by molar-refractivity contribution is -0.142. The van der Waals surface area contributed by atoms with E-state index < -0.39 is 29.4 Å². The number of H-pyrrole nitrogens is 1. The van der Waals surface area contributed by atoms with Crippen LogP contribution in [0, 0.1) is 6.92 Å². The van der Waals surface area contributed by atoms with E-state index >= 15 is 0 Å². The maximum Gasteiger partial charge on any atom is 0.326 e. The minimum Gasteiger partial charge on any atom is -0.480 e. The Kier molecular flexibility index (Phi) is 5.65. The van der Waals surface area contributed by atoms with E-state index in [4.69, 9.17) is 5.11 Å². The molecule has 8 heteroatoms. The minimum absolute atomic E-state index is 0.127. The monoisotopic (exact) mass is 296 g/mol. The standard InChI is InChI=1S/C13H16N2O6/c1-7-3-4-8(11(17)14-7)12(18)15-9(13(19)20)5-6-10(16)21-2/h3-4,9H,5-6H2,1-2H3,(H,14,17)(H,15,18)(H,19,20)/t9-/m1/s1. The van der Waals surface area contributed by atoms with Crippen LogP contribution in [0.3, 0.4) is 0 Å². The van der Waals surface area contributed by atoms with Gasteiger partial charge < -0.3 is 20.1 Å². The number of aryl methyl sites for hydroxylation is 1. The number of carbonyl (C=O) groups excluding carboxylic acids is 2. The smallest absolute Gasteiger partial charge is 0.326 e. The highest BCUT2D eigenvalue weighted by Crippen LogP contribution is 2.02. The number of hydrogen-bond acceptors (Lipinski definition) is 5. The molecule has 0 aliphatic rings. The molecule has 114 valence electrons. The van der Waals surface area contributed by atoms with Crippen molar-refractivity contribution >= 4 is 17.8 Å². The molecule has 1 aromatic heterocycles. The first-order valence-electron chi connectivity index (χ1n) is 6.15. The van der Waals surface area contributed by atoms with Crippen LogP contribution in [0.15, 0.2) is 16.9 Å². The van der Waals surface area contributed by atoms with Crippen molar-refractivity contribution in [3.63, 3.8) is 0 Å². The van der Waals surface area contributed by atoms with E-state index in [0.29, 0.717) is 5.69 Å². The summed E-state index contributed by atoms with van der Waals surface area (Å²) in [5.41, 5.74) is -0.216. The van der Waals surface area contributed by atoms with Gasteiger partial charge in [0.05, 0.1) is 7.11 Å². The average molecular weight is 296 g/mol. The SMILES string of the molecule is COC(=O)CC[C@@H](NC(=O)c1ccc(C)[nH]c1=O)C(=O)O. The fourth-order valence-electron chi connectivity index (χ4n) is 1.61. The van der Waals surface area contributed by atoms with Crippen molar-refractivity contribution in [1.29, 1.82) is 0 Å². The molecule has 0 spiro atoms. The van der Waals surface area contributed by atoms with Crippen molar-refractivity contribution < 1.29 is 24.2 Å². The highest BCUT2D eigenvalue weighted by molar-refractivity contribution is 5.96. The topological polar surface area (TPSA) is 126 Å². The van der Waals surface area contributed by atoms with Crippen LogP contribution in [-0.2, 0) is 14.3 Å². The number of carboxylic acids is 1. The van der Waals surface area contributed by atoms with Gasteiger partial charge in [-0.15, -0.1) is 0 Å². The molecular weight excluding hydrogens is 280 g/mol. The fraction of sp³-hybridized carbons (Fsp3) is 0.385. The van der Waals surface area contributed by atoms with Crippen LogP contribution in [0.25, 0.3) is 0 Å². The summed E-state index contributed by atoms with van der Waals surface area (Å²) >= 11 is 0. The number of esters is 1. The summed E-state index contributed by atoms with van der Waals surface area (Å²) in [6.45, 7) is 1.65. The number of methoxy groups -OCH3 is 1. The molecule has 1 heterocycles. The molecular formula is C13H16N2O6. The first-order valence-corrected chi connectivity index (χ1v) is 6.15. The summed E-state index contributed by atoms with van der Waals surface area (Å²) < 4.78 is 4.40. The zero-order valence-corrected chi connectivity index (χ0v) is 11.6. The maximum atomic E-state index is 11.9. The Labute approximate surface area is 120 Å². The Balaban J connectivity index is 2.79. The van der Waals surface area contributed by atoms with E-state index in [1.807, 2.05) is 0 Å². The van der Waals surface area contributed by atoms with E-state index in [-0.39, 0.29) is 18.4 Å². The molecule has 0 unspecified atom stereocenters. The van der Waals surface area contributed by atoms with Crippen LogP contribution < -0.4 is 10.9 Å². The van der Waals surface area contributed by atoms with Crippen molar-refractivity contribution in [3.8, 4) is 0 Å². The van der Waals surface area contributed by atoms with Gasteiger partial charge in [-0.2, -0.15) is 0 Å². The molecule has 3 N–H and O–H groups in total. The Bertz CT molecular complexity index is 607. The number of pyridine rings is 1. The van der Waals surface area contributed by atoms with Gasteiger partial charge in [-0.1, -0.05) is 0 Å². The molecule has 1 rings (SSSR count). The molecule has 0 bridgehead atoms. The van der Waals surface area contributed by atoms with Crippen LogP contribution in [0.2, 0.25) is 0 Å². The number of nitrogens with one attached hydrogen (secondary N) is 2. The lowest BCUT2D eigenvalue weighted by Crippen LogP contribution is -2.42. The first-order chi connectivity index (χ1) is 9.85. The van der Waals surface area contributed by atoms with Gasteiger partial charge in [0.1, 0.15) is 11.6 Å². The zero-order valence-electron chi connectivity index (χ0n) is 11.6. The van der Waals surface area contributed by atoms with E-state index in [1.54, 1.807) is 6.92 Å². The molecule has 0 saturated carbocycles. The summed E-state index contributed by atoms with van der Waals surface area (Å²) in [5, 5.41) is 11.2. The second-order valence-electron chi connectivity index (χ2n) is 4.36. The number of aromatic nitrogens is 1. The maximum absolute atomic E-state index is 11.9. The van der Waals surface area contributed by atoms with E-state index in [0.717, 1.165) is 0 Å². The van der Waals surface area contributed by atoms with Crippen LogP contribution in [-0.4, -0.2) is 41.1 Å². The Hall–Kier alpha value is -2.64. The molecule has 8 nitrogen and oxygen atoms in total. The molecule has 1 aromatic rings. The van der Waals surface area contributed by atoms with Crippen LogP contribution in [0.4, 0.5) is 0 Å². The lowest BCUT2D eigenvalue weighted by Gasteiger charge is -2.13. The summed E-state index contributed by atoms with van der Waals surface area (Å²) in [6.07, 6.45) is -0.282. The number of rotatable bonds is 6. The first kappa shape index (κ1) is 16.4. The predicted octanol–water partition coefficient (Wildman–Crippen LogP) is -0.180. The van der Waals surface area contributed by atoms with Crippen molar-refractivity contribution in [3.05, 3.63) is 33.7 Å². The third-order valence-corrected chi connectivity index (χ3v) is 2.77. The molecule has 0 fully saturated rings. The predicted molar refractivity (Wildman–Crippen MR) is 71.9 cm³/mol. The van der Waals surface area contributed by atoms with Gasteiger partial charge in [0.25, 0.3) is 11.5 Å². The summed E-state index contributed by atoms with van der Waals surface area (Å²) in [4.78, 5) is 48.0. The normalized spacial score (nSPS) is 11.5. The van der Waals surface area contributed by atoms with Gasteiger partial charge in [0.2, 0.25) is 0 Å². The van der Waals surface area contributed by atoms with Gasteiger partial charge in [0.15, 0.2) is 0 Å². The number of amides is 1. The molecule has 0 aliphatic carbocycles. The van der Waals surface area contributed by atoms with Crippen LogP contribution in [0.1, 0.15) is 28.9 Å². The molecule has 1 amide bonds. The van der Waals surface area contributed by atoms with Crippen molar-refractivity contribution in [2.24, 2.45) is 0 Å². The molecule has 0 aliphatic heterocycles. The largest absolute Gasteiger partial charge is 0.480 e. The van der Waals surface area contributed by atoms with Crippen molar-refractivity contribution in [2.75, 3.05) is 7.11 Å². The van der Waals surface area contributed by atoms with Gasteiger partial charge in [0, 0.05) is 12.1 Å². The van der Waals surface area contributed by atoms with Crippen molar-refractivity contribution in [2.45, 2.75) is 25.8 Å². The summed E-state index contributed by atoms with van der Waals surface area (Å²) in [5.74, 6) is -2.69. The third-order valence-electron chi connectivity index (χ3n) is 2.77. The Morgan fingerprint density at radius 1 is 1.38 bits per heavy atom. The molecule has 21 heavy (non-hydrogen) atoms. The number of carbonyl (C=O) groups is 3. The number of aromatic amines is 1. The van der Waals surface area contributed by atoms with E-state index in [9.17, 15) is 19.2 Å². The Morgan fingerprint density at radius 3 is 2.57 bits per heavy atom. The molecule has 0 aromatic carbocycles. The summed E-state index contributed by atoms with van der Waals surface area (Å²) in [6, 6.07) is 1.56. The lowest BCUT2D eigenvalue weighted by atomic mass is 10.1. The number of aliphatic carboxylic acids is 1. The van der Waals surface area contributed by atoms with Gasteiger partial charge >= 0.3 is 11.9 Å². The summed E-state index contributed by atoms with van der Waals surface area (Å²) in [7, 11) is 1.18. The second kappa shape index (κ2) is 7.22. The van der Waals surface area contributed by atoms with Crippen LogP contribution >= 0.6 is 0 Å². The van der Waals surface area contributed by atoms with Crippen molar-refractivity contribution in [1.82, 2.24) is 10.3 Å². The minimum atomic E-state index is -1.30. The van der Waals surface area contributed by atoms with Gasteiger partial charge in [-0.25, -0.2) is 4.79 Å². The zero-order chi connectivity index (χ0) is 16.0. The van der Waals surface area contributed by atoms with E-state index in [2.05, 4.69) is 15.0 Å². The second-order valence-corrected chi connectivity index (χ2v) is 4.36. The molecule has 1 atom stereocenters. The fourth-order valence-corrected chi connectivity index (χ4v) is 1.61. The Morgan fingerprint density at radius 2 is 2.05 bits per heavy atom. The van der Waals surface area contributed by atoms with E-state index in [1.165, 1.54) is 19.2 Å². The number of ether oxygens (including phenoxy) is 1. The van der Waals surface area contributed by atoms with Gasteiger partial charge in [-0.05, 0) is 25.5 Å². The average Bonchev–Trinajstić information content (AvgIpc) is 2.42. The van der Waals surface area contributed by atoms with Gasteiger partial charge in [-0.3, -0.25) is 14.4 Å². The number of hydrogen-bond donors (Lipinski definition) is 3. The quantitative estimate of drug-likeness (QED) is 0.625. The number of carboxylic acid groups (broad SMARTS) is 1. The highest BCUT2D eigenvalue weighted by Gasteiger charge is 2.23. The van der Waals surface area contributed by atoms with Crippen LogP contribution in [0.5, 0.6) is 0 Å². The molecule has 0 saturated heterocycles.